The van der Waals surface area contributed by atoms with Crippen molar-refractivity contribution in [2.24, 2.45) is 5.73 Å². The molecule has 0 spiro atoms. The van der Waals surface area contributed by atoms with E-state index >= 15 is 0 Å². The summed E-state index contributed by atoms with van der Waals surface area (Å²) in [4.78, 5) is 2.24. The van der Waals surface area contributed by atoms with Crippen molar-refractivity contribution in [2.75, 3.05) is 18.0 Å². The normalized spacial score (nSPS) is 16.7. The summed E-state index contributed by atoms with van der Waals surface area (Å²) >= 11 is 2.03. The van der Waals surface area contributed by atoms with Gasteiger partial charge in [-0.05, 0) is 53.6 Å². The minimum Gasteiger partial charge on any atom is -0.369 e. The molecule has 2 nitrogen and oxygen atoms in total. The van der Waals surface area contributed by atoms with E-state index in [1.807, 2.05) is 35.6 Å². The van der Waals surface area contributed by atoms with Crippen molar-refractivity contribution in [1.29, 1.82) is 0 Å². The third-order valence-electron chi connectivity index (χ3n) is 2.62. The van der Waals surface area contributed by atoms with E-state index < -0.39 is 0 Å². The molecule has 2 N–H and O–H groups in total. The first-order chi connectivity index (χ1) is 7.08. The van der Waals surface area contributed by atoms with Gasteiger partial charge in [-0.2, -0.15) is 0 Å². The van der Waals surface area contributed by atoms with E-state index in [-0.39, 0.29) is 11.9 Å². The summed E-state index contributed by atoms with van der Waals surface area (Å²) in [5, 5.41) is 0. The minimum atomic E-state index is -0.114. The zero-order valence-electron chi connectivity index (χ0n) is 8.63. The monoisotopic (exact) mass is 320 g/mol. The fourth-order valence-corrected chi connectivity index (χ4v) is 2.44. The van der Waals surface area contributed by atoms with Gasteiger partial charge in [0, 0.05) is 24.8 Å². The molecule has 2 rings (SSSR count). The minimum absolute atomic E-state index is 0.114. The molecule has 15 heavy (non-hydrogen) atoms. The quantitative estimate of drug-likeness (QED) is 0.846. The Morgan fingerprint density at radius 1 is 1.60 bits per heavy atom. The second-order valence-electron chi connectivity index (χ2n) is 4.07. The molecule has 1 unspecified atom stereocenters. The molecule has 0 amide bonds. The summed E-state index contributed by atoms with van der Waals surface area (Å²) in [6.07, 6.45) is 0.926. The van der Waals surface area contributed by atoms with Gasteiger partial charge in [0.25, 0.3) is 0 Å². The van der Waals surface area contributed by atoms with Crippen LogP contribution in [-0.4, -0.2) is 19.1 Å². The molecule has 1 aromatic rings. The lowest BCUT2D eigenvalue weighted by Gasteiger charge is -2.21. The second kappa shape index (κ2) is 4.25. The molecule has 0 bridgehead atoms. The predicted octanol–water partition coefficient (Wildman–Crippen LogP) is 2.14. The lowest BCUT2D eigenvalue weighted by atomic mass is 10.1. The second-order valence-corrected chi connectivity index (χ2v) is 5.23. The first kappa shape index (κ1) is 11.1. The average Bonchev–Trinajstić information content (AvgIpc) is 2.49. The highest BCUT2D eigenvalue weighted by atomic mass is 127. The van der Waals surface area contributed by atoms with Crippen LogP contribution in [0.5, 0.6) is 0 Å². The van der Waals surface area contributed by atoms with Crippen LogP contribution in [-0.2, 0) is 6.42 Å². The van der Waals surface area contributed by atoms with Crippen molar-refractivity contribution in [1.82, 2.24) is 0 Å². The molecule has 4 heteroatoms. The molecule has 1 heterocycles. The van der Waals surface area contributed by atoms with Gasteiger partial charge in [-0.15, -0.1) is 0 Å². The number of halogens is 2. The van der Waals surface area contributed by atoms with E-state index in [4.69, 9.17) is 5.73 Å². The SMILES string of the molecule is CC(N)CN1CCc2cc(F)c(I)cc21. The topological polar surface area (TPSA) is 29.3 Å². The largest absolute Gasteiger partial charge is 0.369 e. The van der Waals surface area contributed by atoms with Crippen LogP contribution in [0, 0.1) is 9.39 Å². The van der Waals surface area contributed by atoms with Crippen molar-refractivity contribution >= 4 is 28.3 Å². The molecule has 0 fully saturated rings. The molecular formula is C11H14FIN2. The maximum absolute atomic E-state index is 13.3. The number of hydrogen-bond donors (Lipinski definition) is 1. The highest BCUT2D eigenvalue weighted by molar-refractivity contribution is 14.1. The Morgan fingerprint density at radius 3 is 3.00 bits per heavy atom. The van der Waals surface area contributed by atoms with Gasteiger partial charge >= 0.3 is 0 Å². The average molecular weight is 320 g/mol. The maximum atomic E-state index is 13.3. The summed E-state index contributed by atoms with van der Waals surface area (Å²) in [6, 6.07) is 3.72. The number of anilines is 1. The molecule has 0 saturated heterocycles. The number of rotatable bonds is 2. The smallest absolute Gasteiger partial charge is 0.136 e. The Labute approximate surface area is 103 Å². The zero-order valence-corrected chi connectivity index (χ0v) is 10.8. The molecule has 0 radical (unpaired) electrons. The van der Waals surface area contributed by atoms with Gasteiger partial charge in [0.2, 0.25) is 0 Å². The molecule has 1 atom stereocenters. The van der Waals surface area contributed by atoms with Crippen molar-refractivity contribution in [2.45, 2.75) is 19.4 Å². The molecule has 0 saturated carbocycles. The summed E-state index contributed by atoms with van der Waals surface area (Å²) < 4.78 is 14.0. The van der Waals surface area contributed by atoms with E-state index in [2.05, 4.69) is 4.90 Å². The van der Waals surface area contributed by atoms with Crippen molar-refractivity contribution < 1.29 is 4.39 Å². The standard InChI is InChI=1S/C11H14FIN2/c1-7(14)6-15-3-2-8-4-9(12)10(13)5-11(8)15/h4-5,7H,2-3,6,14H2,1H3. The van der Waals surface area contributed by atoms with Crippen LogP contribution in [0.4, 0.5) is 10.1 Å². The Hall–Kier alpha value is -0.360. The van der Waals surface area contributed by atoms with Crippen LogP contribution in [0.25, 0.3) is 0 Å². The molecule has 1 aromatic carbocycles. The van der Waals surface area contributed by atoms with Gasteiger partial charge < -0.3 is 10.6 Å². The van der Waals surface area contributed by atoms with Crippen LogP contribution in [0.3, 0.4) is 0 Å². The summed E-state index contributed by atoms with van der Waals surface area (Å²) in [7, 11) is 0. The van der Waals surface area contributed by atoms with E-state index in [0.29, 0.717) is 3.57 Å². The third kappa shape index (κ3) is 2.25. The number of hydrogen-bond acceptors (Lipinski definition) is 2. The Morgan fingerprint density at radius 2 is 2.33 bits per heavy atom. The lowest BCUT2D eigenvalue weighted by Crippen LogP contribution is -2.34. The van der Waals surface area contributed by atoms with Gasteiger partial charge in [-0.1, -0.05) is 0 Å². The predicted molar refractivity (Wildman–Crippen MR) is 68.7 cm³/mol. The molecule has 82 valence electrons. The fourth-order valence-electron chi connectivity index (χ4n) is 1.99. The summed E-state index contributed by atoms with van der Waals surface area (Å²) in [6.45, 7) is 3.79. The van der Waals surface area contributed by atoms with Gasteiger partial charge in [0.05, 0.1) is 3.57 Å². The zero-order chi connectivity index (χ0) is 11.0. The fraction of sp³-hybridized carbons (Fsp3) is 0.455. The number of fused-ring (bicyclic) bond motifs is 1. The first-order valence-corrected chi connectivity index (χ1v) is 6.14. The number of nitrogens with zero attached hydrogens (tertiary/aromatic N) is 1. The van der Waals surface area contributed by atoms with Gasteiger partial charge in [0.15, 0.2) is 0 Å². The van der Waals surface area contributed by atoms with E-state index in [1.165, 1.54) is 0 Å². The Balaban J connectivity index is 2.30. The van der Waals surface area contributed by atoms with Crippen molar-refractivity contribution in [3.8, 4) is 0 Å². The molecule has 0 aromatic heterocycles. The molecule has 1 aliphatic heterocycles. The van der Waals surface area contributed by atoms with Crippen molar-refractivity contribution in [3.63, 3.8) is 0 Å². The highest BCUT2D eigenvalue weighted by Gasteiger charge is 2.21. The van der Waals surface area contributed by atoms with Crippen LogP contribution >= 0.6 is 22.6 Å². The summed E-state index contributed by atoms with van der Waals surface area (Å²) in [5.41, 5.74) is 8.04. The van der Waals surface area contributed by atoms with Crippen LogP contribution in [0.2, 0.25) is 0 Å². The number of benzene rings is 1. The first-order valence-electron chi connectivity index (χ1n) is 5.06. The van der Waals surface area contributed by atoms with Gasteiger partial charge in [-0.25, -0.2) is 4.39 Å². The Kier molecular flexibility index (Phi) is 3.16. The van der Waals surface area contributed by atoms with Gasteiger partial charge in [0.1, 0.15) is 5.82 Å². The molecule has 0 aliphatic carbocycles. The van der Waals surface area contributed by atoms with Crippen LogP contribution < -0.4 is 10.6 Å². The van der Waals surface area contributed by atoms with Gasteiger partial charge in [-0.3, -0.25) is 0 Å². The maximum Gasteiger partial charge on any atom is 0.136 e. The van der Waals surface area contributed by atoms with E-state index in [1.54, 1.807) is 6.07 Å². The third-order valence-corrected chi connectivity index (χ3v) is 3.45. The van der Waals surface area contributed by atoms with Crippen molar-refractivity contribution in [3.05, 3.63) is 27.1 Å². The Bertz CT molecular complexity index is 379. The van der Waals surface area contributed by atoms with E-state index in [0.717, 1.165) is 30.8 Å². The highest BCUT2D eigenvalue weighted by Crippen LogP contribution is 2.31. The van der Waals surface area contributed by atoms with Crippen LogP contribution in [0.1, 0.15) is 12.5 Å². The molecular weight excluding hydrogens is 306 g/mol. The lowest BCUT2D eigenvalue weighted by molar-refractivity contribution is 0.619. The van der Waals surface area contributed by atoms with Crippen LogP contribution in [0.15, 0.2) is 12.1 Å². The molecule has 1 aliphatic rings. The summed E-state index contributed by atoms with van der Waals surface area (Å²) in [5.74, 6) is -0.114. The van der Waals surface area contributed by atoms with E-state index in [9.17, 15) is 4.39 Å². The number of nitrogens with two attached hydrogens (primary N) is 1.